The van der Waals surface area contributed by atoms with E-state index in [9.17, 15) is 9.59 Å². The van der Waals surface area contributed by atoms with E-state index in [2.05, 4.69) is 24.1 Å². The third-order valence-corrected chi connectivity index (χ3v) is 5.80. The molecule has 1 heterocycles. The minimum Gasteiger partial charge on any atom is -0.495 e. The number of para-hydroxylation sites is 1. The summed E-state index contributed by atoms with van der Waals surface area (Å²) < 4.78 is 6.79. The summed E-state index contributed by atoms with van der Waals surface area (Å²) in [6, 6.07) is 12.3. The van der Waals surface area contributed by atoms with Crippen LogP contribution in [0.3, 0.4) is 0 Å². The molecule has 3 aromatic rings. The number of methoxy groups -OCH3 is 1. The van der Waals surface area contributed by atoms with Gasteiger partial charge in [-0.3, -0.25) is 14.2 Å². The fourth-order valence-corrected chi connectivity index (χ4v) is 4.00. The second-order valence-corrected chi connectivity index (χ2v) is 8.59. The van der Waals surface area contributed by atoms with Crippen molar-refractivity contribution in [1.82, 2.24) is 9.55 Å². The molecule has 0 saturated heterocycles. The number of ether oxygens (including phenoxy) is 1. The van der Waals surface area contributed by atoms with Gasteiger partial charge in [0.25, 0.3) is 5.56 Å². The van der Waals surface area contributed by atoms with Crippen molar-refractivity contribution in [3.05, 3.63) is 57.8 Å². The molecule has 8 heteroatoms. The summed E-state index contributed by atoms with van der Waals surface area (Å²) in [7, 11) is 1.53. The lowest BCUT2D eigenvalue weighted by Gasteiger charge is -2.14. The average Bonchev–Trinajstić information content (AvgIpc) is 2.72. The van der Waals surface area contributed by atoms with Crippen LogP contribution in [0.2, 0.25) is 5.02 Å². The van der Waals surface area contributed by atoms with E-state index >= 15 is 0 Å². The van der Waals surface area contributed by atoms with Gasteiger partial charge in [-0.15, -0.1) is 0 Å². The second-order valence-electron chi connectivity index (χ2n) is 7.24. The molecular formula is C22H24ClN3O3S. The van der Waals surface area contributed by atoms with Gasteiger partial charge in [-0.25, -0.2) is 4.98 Å². The Morgan fingerprint density at radius 1 is 1.27 bits per heavy atom. The average molecular weight is 446 g/mol. The molecule has 3 rings (SSSR count). The Bertz CT molecular complexity index is 1110. The molecule has 1 aromatic heterocycles. The number of halogens is 1. The van der Waals surface area contributed by atoms with Crippen molar-refractivity contribution < 1.29 is 9.53 Å². The van der Waals surface area contributed by atoms with Crippen LogP contribution in [0.1, 0.15) is 20.3 Å². The molecule has 0 radical (unpaired) electrons. The van der Waals surface area contributed by atoms with Crippen molar-refractivity contribution in [3.63, 3.8) is 0 Å². The van der Waals surface area contributed by atoms with E-state index in [1.54, 1.807) is 28.8 Å². The van der Waals surface area contributed by atoms with Gasteiger partial charge in [-0.05, 0) is 42.7 Å². The van der Waals surface area contributed by atoms with Crippen LogP contribution in [0.4, 0.5) is 5.69 Å². The van der Waals surface area contributed by atoms with Gasteiger partial charge in [0.05, 0.1) is 28.8 Å². The fraction of sp³-hybridized carbons (Fsp3) is 0.318. The molecule has 2 aromatic carbocycles. The van der Waals surface area contributed by atoms with Crippen LogP contribution < -0.4 is 15.6 Å². The monoisotopic (exact) mass is 445 g/mol. The van der Waals surface area contributed by atoms with E-state index < -0.39 is 0 Å². The van der Waals surface area contributed by atoms with Crippen LogP contribution in [0.5, 0.6) is 5.75 Å². The number of amides is 1. The van der Waals surface area contributed by atoms with Crippen LogP contribution in [0.15, 0.2) is 52.4 Å². The molecule has 0 unspecified atom stereocenters. The summed E-state index contributed by atoms with van der Waals surface area (Å²) in [6.07, 6.45) is 0.851. The molecule has 0 bridgehead atoms. The Labute approximate surface area is 184 Å². The first-order chi connectivity index (χ1) is 14.4. The topological polar surface area (TPSA) is 73.2 Å². The molecule has 1 N–H and O–H groups in total. The quantitative estimate of drug-likeness (QED) is 0.397. The predicted octanol–water partition coefficient (Wildman–Crippen LogP) is 4.84. The summed E-state index contributed by atoms with van der Waals surface area (Å²) in [4.78, 5) is 30.1. The summed E-state index contributed by atoms with van der Waals surface area (Å²) in [6.45, 7) is 4.78. The van der Waals surface area contributed by atoms with E-state index in [0.29, 0.717) is 45.0 Å². The molecule has 0 aliphatic heterocycles. The lowest BCUT2D eigenvalue weighted by Crippen LogP contribution is -2.25. The SMILES string of the molecule is COc1ccc(NC(=O)CSc2nc3ccccc3c(=O)n2CCC(C)C)cc1Cl. The smallest absolute Gasteiger partial charge is 0.262 e. The van der Waals surface area contributed by atoms with Gasteiger partial charge in [-0.1, -0.05) is 49.3 Å². The first kappa shape index (κ1) is 22.2. The standard InChI is InChI=1S/C22H24ClN3O3S/c1-14(2)10-11-26-21(28)16-6-4-5-7-18(16)25-22(26)30-13-20(27)24-15-8-9-19(29-3)17(23)12-15/h4-9,12,14H,10-11,13H2,1-3H3,(H,24,27). The maximum Gasteiger partial charge on any atom is 0.262 e. The van der Waals surface area contributed by atoms with Gasteiger partial charge in [0.2, 0.25) is 5.91 Å². The third kappa shape index (κ3) is 5.34. The molecule has 30 heavy (non-hydrogen) atoms. The van der Waals surface area contributed by atoms with Gasteiger partial charge >= 0.3 is 0 Å². The molecule has 0 saturated carbocycles. The van der Waals surface area contributed by atoms with Crippen LogP contribution in [-0.2, 0) is 11.3 Å². The zero-order valence-electron chi connectivity index (χ0n) is 17.1. The highest BCUT2D eigenvalue weighted by Crippen LogP contribution is 2.27. The number of hydrogen-bond acceptors (Lipinski definition) is 5. The molecular weight excluding hydrogens is 422 g/mol. The van der Waals surface area contributed by atoms with Crippen LogP contribution >= 0.6 is 23.4 Å². The maximum absolute atomic E-state index is 13.0. The Morgan fingerprint density at radius 2 is 2.03 bits per heavy atom. The molecule has 158 valence electrons. The predicted molar refractivity (Wildman–Crippen MR) is 123 cm³/mol. The minimum atomic E-state index is -0.209. The number of nitrogens with zero attached hydrogens (tertiary/aromatic N) is 2. The Morgan fingerprint density at radius 3 is 2.73 bits per heavy atom. The number of fused-ring (bicyclic) bond motifs is 1. The van der Waals surface area contributed by atoms with Gasteiger partial charge in [0.15, 0.2) is 5.16 Å². The molecule has 0 aliphatic rings. The highest BCUT2D eigenvalue weighted by atomic mass is 35.5. The van der Waals surface area contributed by atoms with Crippen molar-refractivity contribution in [2.75, 3.05) is 18.2 Å². The van der Waals surface area contributed by atoms with E-state index in [0.717, 1.165) is 6.42 Å². The zero-order chi connectivity index (χ0) is 21.7. The molecule has 0 atom stereocenters. The van der Waals surface area contributed by atoms with Crippen molar-refractivity contribution in [2.45, 2.75) is 32.0 Å². The van der Waals surface area contributed by atoms with Crippen molar-refractivity contribution >= 4 is 45.9 Å². The number of thioether (sulfide) groups is 1. The Kier molecular flexibility index (Phi) is 7.39. The van der Waals surface area contributed by atoms with Gasteiger partial charge < -0.3 is 10.1 Å². The van der Waals surface area contributed by atoms with Crippen LogP contribution in [0, 0.1) is 5.92 Å². The van der Waals surface area contributed by atoms with Gasteiger partial charge in [-0.2, -0.15) is 0 Å². The highest BCUT2D eigenvalue weighted by molar-refractivity contribution is 7.99. The number of benzene rings is 2. The first-order valence-electron chi connectivity index (χ1n) is 9.64. The largest absolute Gasteiger partial charge is 0.495 e. The first-order valence-corrected chi connectivity index (χ1v) is 11.0. The number of aromatic nitrogens is 2. The van der Waals surface area contributed by atoms with Crippen LogP contribution in [0.25, 0.3) is 10.9 Å². The fourth-order valence-electron chi connectivity index (χ4n) is 2.91. The summed E-state index contributed by atoms with van der Waals surface area (Å²) >= 11 is 7.36. The highest BCUT2D eigenvalue weighted by Gasteiger charge is 2.14. The van der Waals surface area contributed by atoms with Crippen LogP contribution in [-0.4, -0.2) is 28.3 Å². The number of carbonyl (C=O) groups excluding carboxylic acids is 1. The van der Waals surface area contributed by atoms with Gasteiger partial charge in [0, 0.05) is 12.2 Å². The van der Waals surface area contributed by atoms with E-state index in [4.69, 9.17) is 16.3 Å². The number of nitrogens with one attached hydrogen (secondary N) is 1. The minimum absolute atomic E-state index is 0.0777. The van der Waals surface area contributed by atoms with E-state index in [-0.39, 0.29) is 17.2 Å². The van der Waals surface area contributed by atoms with E-state index in [1.807, 2.05) is 18.2 Å². The Hall–Kier alpha value is -2.51. The lowest BCUT2D eigenvalue weighted by atomic mass is 10.1. The lowest BCUT2D eigenvalue weighted by molar-refractivity contribution is -0.113. The molecule has 1 amide bonds. The molecule has 0 aliphatic carbocycles. The van der Waals surface area contributed by atoms with Crippen molar-refractivity contribution in [1.29, 1.82) is 0 Å². The number of carbonyl (C=O) groups is 1. The molecule has 0 fully saturated rings. The normalized spacial score (nSPS) is 11.1. The second kappa shape index (κ2) is 10.00. The molecule has 6 nitrogen and oxygen atoms in total. The summed E-state index contributed by atoms with van der Waals surface area (Å²) in [5.41, 5.74) is 1.13. The number of rotatable bonds is 8. The van der Waals surface area contributed by atoms with E-state index in [1.165, 1.54) is 18.9 Å². The van der Waals surface area contributed by atoms with Crippen molar-refractivity contribution in [2.24, 2.45) is 5.92 Å². The Balaban J connectivity index is 1.78. The number of hydrogen-bond donors (Lipinski definition) is 1. The van der Waals surface area contributed by atoms with Gasteiger partial charge in [0.1, 0.15) is 5.75 Å². The van der Waals surface area contributed by atoms with Crippen molar-refractivity contribution in [3.8, 4) is 5.75 Å². The summed E-state index contributed by atoms with van der Waals surface area (Å²) in [5, 5.41) is 4.36. The third-order valence-electron chi connectivity index (χ3n) is 4.52. The number of anilines is 1. The molecule has 0 spiro atoms. The maximum atomic E-state index is 13.0. The zero-order valence-corrected chi connectivity index (χ0v) is 18.7. The summed E-state index contributed by atoms with van der Waals surface area (Å²) in [5.74, 6) is 0.901.